The van der Waals surface area contributed by atoms with Crippen LogP contribution in [0.4, 0.5) is 8.78 Å². The Labute approximate surface area is 175 Å². The van der Waals surface area contributed by atoms with Crippen molar-refractivity contribution in [2.24, 2.45) is 0 Å². The van der Waals surface area contributed by atoms with Crippen LogP contribution in [0.15, 0.2) is 24.3 Å². The Morgan fingerprint density at radius 2 is 1.80 bits per heavy atom. The van der Waals surface area contributed by atoms with Crippen LogP contribution in [-0.2, 0) is 16.1 Å². The lowest BCUT2D eigenvalue weighted by molar-refractivity contribution is -0.133. The molecule has 1 unspecified atom stereocenters. The van der Waals surface area contributed by atoms with Crippen molar-refractivity contribution in [2.45, 2.75) is 45.0 Å². The molecule has 0 aromatic heterocycles. The van der Waals surface area contributed by atoms with Crippen molar-refractivity contribution in [3.05, 3.63) is 29.8 Å². The molecule has 30 heavy (non-hydrogen) atoms. The first-order chi connectivity index (χ1) is 14.3. The summed E-state index contributed by atoms with van der Waals surface area (Å²) in [6, 6.07) is 6.51. The van der Waals surface area contributed by atoms with Crippen LogP contribution in [0.1, 0.15) is 25.3 Å². The van der Waals surface area contributed by atoms with Gasteiger partial charge in [0, 0.05) is 45.8 Å². The van der Waals surface area contributed by atoms with Crippen LogP contribution in [0.5, 0.6) is 5.75 Å². The average molecular weight is 424 g/mol. The molecule has 0 bridgehead atoms. The largest absolute Gasteiger partial charge is 0.435 e. The molecule has 2 amide bonds. The molecule has 7 nitrogen and oxygen atoms in total. The molecule has 166 valence electrons. The number of alkyl halides is 2. The van der Waals surface area contributed by atoms with Crippen molar-refractivity contribution < 1.29 is 23.1 Å². The number of piperazine rings is 1. The van der Waals surface area contributed by atoms with Crippen molar-refractivity contribution in [1.82, 2.24) is 20.0 Å². The fourth-order valence-corrected chi connectivity index (χ4v) is 3.47. The summed E-state index contributed by atoms with van der Waals surface area (Å²) >= 11 is 0. The van der Waals surface area contributed by atoms with Crippen molar-refractivity contribution in [3.63, 3.8) is 0 Å². The van der Waals surface area contributed by atoms with E-state index in [1.165, 1.54) is 12.1 Å². The fourth-order valence-electron chi connectivity index (χ4n) is 3.47. The van der Waals surface area contributed by atoms with Gasteiger partial charge in [0.15, 0.2) is 0 Å². The zero-order valence-electron chi connectivity index (χ0n) is 17.5. The molecule has 1 saturated heterocycles. The van der Waals surface area contributed by atoms with Crippen LogP contribution in [0, 0.1) is 0 Å². The van der Waals surface area contributed by atoms with Crippen molar-refractivity contribution in [2.75, 3.05) is 39.8 Å². The standard InChI is InChI=1S/C21H30F2N4O3/c1-15(20(29)24-17-5-6-17)27-11-9-26(10-12-27)14-19(28)25(2)13-16-3-7-18(8-4-16)30-21(22)23/h3-4,7-8,15,17,21H,5-6,9-14H2,1-2H3,(H,24,29). The topological polar surface area (TPSA) is 65.1 Å². The Hall–Kier alpha value is -2.26. The minimum atomic E-state index is -2.85. The molecule has 2 fully saturated rings. The first-order valence-corrected chi connectivity index (χ1v) is 10.4. The van der Waals surface area contributed by atoms with Gasteiger partial charge >= 0.3 is 6.61 Å². The number of amides is 2. The van der Waals surface area contributed by atoms with Gasteiger partial charge in [0.2, 0.25) is 11.8 Å². The van der Waals surface area contributed by atoms with Gasteiger partial charge in [-0.15, -0.1) is 0 Å². The maximum atomic E-state index is 12.6. The summed E-state index contributed by atoms with van der Waals surface area (Å²) in [6.45, 7) is 2.77. The second-order valence-corrected chi connectivity index (χ2v) is 8.04. The lowest BCUT2D eigenvalue weighted by atomic mass is 10.2. The molecule has 1 aromatic rings. The van der Waals surface area contributed by atoms with E-state index in [4.69, 9.17) is 0 Å². The summed E-state index contributed by atoms with van der Waals surface area (Å²) in [6.07, 6.45) is 2.16. The third kappa shape index (κ3) is 6.63. The summed E-state index contributed by atoms with van der Waals surface area (Å²) < 4.78 is 28.8. The lowest BCUT2D eigenvalue weighted by Crippen LogP contribution is -2.55. The van der Waals surface area contributed by atoms with Gasteiger partial charge in [0.1, 0.15) is 5.75 Å². The monoisotopic (exact) mass is 424 g/mol. The molecule has 1 atom stereocenters. The molecule has 1 heterocycles. The average Bonchev–Trinajstić information content (AvgIpc) is 3.53. The van der Waals surface area contributed by atoms with E-state index in [-0.39, 0.29) is 23.6 Å². The van der Waals surface area contributed by atoms with Gasteiger partial charge in [-0.1, -0.05) is 12.1 Å². The number of ether oxygens (including phenoxy) is 1. The zero-order chi connectivity index (χ0) is 21.7. The molecular weight excluding hydrogens is 394 g/mol. The van der Waals surface area contributed by atoms with E-state index in [0.717, 1.165) is 44.6 Å². The highest BCUT2D eigenvalue weighted by Crippen LogP contribution is 2.19. The maximum absolute atomic E-state index is 12.6. The molecule has 9 heteroatoms. The third-order valence-electron chi connectivity index (χ3n) is 5.61. The number of halogens is 2. The molecule has 0 radical (unpaired) electrons. The Bertz CT molecular complexity index is 719. The quantitative estimate of drug-likeness (QED) is 0.652. The van der Waals surface area contributed by atoms with Crippen LogP contribution < -0.4 is 10.1 Å². The van der Waals surface area contributed by atoms with Gasteiger partial charge < -0.3 is 15.0 Å². The number of rotatable bonds is 9. The predicted octanol–water partition coefficient (Wildman–Crippen LogP) is 1.53. The van der Waals surface area contributed by atoms with E-state index in [1.54, 1.807) is 24.1 Å². The van der Waals surface area contributed by atoms with Gasteiger partial charge in [-0.05, 0) is 37.5 Å². The molecule has 1 aromatic carbocycles. The molecule has 2 aliphatic rings. The van der Waals surface area contributed by atoms with Gasteiger partial charge in [-0.3, -0.25) is 19.4 Å². The summed E-state index contributed by atoms with van der Waals surface area (Å²) in [5.74, 6) is 0.184. The number of benzene rings is 1. The lowest BCUT2D eigenvalue weighted by Gasteiger charge is -2.37. The highest BCUT2D eigenvalue weighted by atomic mass is 19.3. The summed E-state index contributed by atoms with van der Waals surface area (Å²) in [5, 5.41) is 3.05. The third-order valence-corrected chi connectivity index (χ3v) is 5.61. The van der Waals surface area contributed by atoms with Crippen molar-refractivity contribution >= 4 is 11.8 Å². The number of nitrogens with zero attached hydrogens (tertiary/aromatic N) is 3. The zero-order valence-corrected chi connectivity index (χ0v) is 17.5. The van der Waals surface area contributed by atoms with E-state index in [9.17, 15) is 18.4 Å². The van der Waals surface area contributed by atoms with Crippen LogP contribution in [-0.4, -0.2) is 85.0 Å². The Morgan fingerprint density at radius 1 is 1.17 bits per heavy atom. The minimum absolute atomic E-state index is 0.00381. The van der Waals surface area contributed by atoms with E-state index in [1.807, 2.05) is 6.92 Å². The molecule has 1 saturated carbocycles. The van der Waals surface area contributed by atoms with Crippen LogP contribution in [0.2, 0.25) is 0 Å². The predicted molar refractivity (Wildman–Crippen MR) is 108 cm³/mol. The number of carbonyl (C=O) groups is 2. The van der Waals surface area contributed by atoms with Crippen molar-refractivity contribution in [3.8, 4) is 5.75 Å². The SMILES string of the molecule is CC(C(=O)NC1CC1)N1CCN(CC(=O)N(C)Cc2ccc(OC(F)F)cc2)CC1. The molecule has 0 spiro atoms. The van der Waals surface area contributed by atoms with Gasteiger partial charge in [0.05, 0.1) is 12.6 Å². The number of carbonyl (C=O) groups excluding carboxylic acids is 2. The maximum Gasteiger partial charge on any atom is 0.387 e. The Kier molecular flexibility index (Phi) is 7.60. The number of hydrogen-bond acceptors (Lipinski definition) is 5. The Balaban J connectivity index is 1.39. The highest BCUT2D eigenvalue weighted by Gasteiger charge is 2.30. The molecule has 1 N–H and O–H groups in total. The molecule has 3 rings (SSSR count). The number of hydrogen-bond donors (Lipinski definition) is 1. The number of nitrogens with one attached hydrogen (secondary N) is 1. The first kappa shape index (κ1) is 22.4. The van der Waals surface area contributed by atoms with Gasteiger partial charge in [-0.25, -0.2) is 0 Å². The van der Waals surface area contributed by atoms with E-state index in [2.05, 4.69) is 19.9 Å². The van der Waals surface area contributed by atoms with E-state index >= 15 is 0 Å². The van der Waals surface area contributed by atoms with Crippen molar-refractivity contribution in [1.29, 1.82) is 0 Å². The van der Waals surface area contributed by atoms with E-state index in [0.29, 0.717) is 19.1 Å². The summed E-state index contributed by atoms with van der Waals surface area (Å²) in [7, 11) is 1.73. The summed E-state index contributed by atoms with van der Waals surface area (Å²) in [5.41, 5.74) is 0.841. The molecule has 1 aliphatic carbocycles. The van der Waals surface area contributed by atoms with Crippen LogP contribution in [0.3, 0.4) is 0 Å². The van der Waals surface area contributed by atoms with E-state index < -0.39 is 6.61 Å². The normalized spacial score (nSPS) is 18.8. The van der Waals surface area contributed by atoms with Gasteiger partial charge in [0.25, 0.3) is 0 Å². The Morgan fingerprint density at radius 3 is 2.37 bits per heavy atom. The minimum Gasteiger partial charge on any atom is -0.435 e. The second-order valence-electron chi connectivity index (χ2n) is 8.04. The highest BCUT2D eigenvalue weighted by molar-refractivity contribution is 5.82. The van der Waals surface area contributed by atoms with Crippen LogP contribution in [0.25, 0.3) is 0 Å². The molecule has 1 aliphatic heterocycles. The summed E-state index contributed by atoms with van der Waals surface area (Å²) in [4.78, 5) is 30.7. The van der Waals surface area contributed by atoms with Gasteiger partial charge in [-0.2, -0.15) is 8.78 Å². The second kappa shape index (κ2) is 10.2. The molecular formula is C21H30F2N4O3. The first-order valence-electron chi connectivity index (χ1n) is 10.4. The van der Waals surface area contributed by atoms with Crippen LogP contribution >= 0.6 is 0 Å². The fraction of sp³-hybridized carbons (Fsp3) is 0.619. The number of likely N-dealkylation sites (N-methyl/N-ethyl adjacent to an activating group) is 1. The smallest absolute Gasteiger partial charge is 0.387 e.